The third kappa shape index (κ3) is 3.74. The van der Waals surface area contributed by atoms with Gasteiger partial charge in [-0.1, -0.05) is 0 Å². The fourth-order valence-corrected chi connectivity index (χ4v) is 2.46. The Morgan fingerprint density at radius 2 is 1.52 bits per heavy atom. The molecule has 0 aliphatic rings. The first-order valence-electron chi connectivity index (χ1n) is 7.65. The van der Waals surface area contributed by atoms with E-state index in [4.69, 9.17) is 4.74 Å². The van der Waals surface area contributed by atoms with Crippen molar-refractivity contribution in [2.75, 3.05) is 7.11 Å². The summed E-state index contributed by atoms with van der Waals surface area (Å²) in [6.07, 6.45) is 2.88. The number of fused-ring (bicyclic) bond motifs is 2. The van der Waals surface area contributed by atoms with E-state index in [1.54, 1.807) is 6.07 Å². The minimum atomic E-state index is -1.01. The summed E-state index contributed by atoms with van der Waals surface area (Å²) < 4.78 is 56.1. The Kier molecular flexibility index (Phi) is 5.07. The van der Waals surface area contributed by atoms with Crippen LogP contribution in [0.15, 0.2) is 53.6 Å². The van der Waals surface area contributed by atoms with Crippen molar-refractivity contribution in [3.63, 3.8) is 0 Å². The van der Waals surface area contributed by atoms with Gasteiger partial charge < -0.3 is 9.72 Å². The van der Waals surface area contributed by atoms with Crippen LogP contribution < -0.4 is 10.2 Å². The molecule has 0 unspecified atom stereocenters. The molecular formula is C19H12F4N2O2. The molecule has 4 aromatic rings. The summed E-state index contributed by atoms with van der Waals surface area (Å²) in [4.78, 5) is 17.7. The Bertz CT molecular complexity index is 1190. The van der Waals surface area contributed by atoms with Gasteiger partial charge in [-0.3, -0.25) is 9.78 Å². The minimum absolute atomic E-state index is 0.154. The van der Waals surface area contributed by atoms with Gasteiger partial charge in [-0.05, 0) is 18.2 Å². The van der Waals surface area contributed by atoms with Gasteiger partial charge in [0.25, 0.3) is 0 Å². The molecule has 4 rings (SSSR count). The van der Waals surface area contributed by atoms with Crippen LogP contribution in [0.25, 0.3) is 21.8 Å². The third-order valence-electron chi connectivity index (χ3n) is 3.76. The van der Waals surface area contributed by atoms with Crippen molar-refractivity contribution in [1.82, 2.24) is 9.97 Å². The molecule has 2 heterocycles. The van der Waals surface area contributed by atoms with E-state index in [2.05, 4.69) is 9.97 Å². The maximum atomic E-state index is 12.9. The van der Waals surface area contributed by atoms with Gasteiger partial charge in [-0.25, -0.2) is 17.6 Å². The molecule has 0 bridgehead atoms. The molecule has 2 aromatic carbocycles. The van der Waals surface area contributed by atoms with Crippen LogP contribution in [0, 0.1) is 23.3 Å². The molecule has 8 heteroatoms. The highest BCUT2D eigenvalue weighted by Crippen LogP contribution is 2.25. The van der Waals surface area contributed by atoms with E-state index >= 15 is 0 Å². The van der Waals surface area contributed by atoms with E-state index in [9.17, 15) is 22.4 Å². The van der Waals surface area contributed by atoms with Gasteiger partial charge in [0.05, 0.1) is 18.1 Å². The van der Waals surface area contributed by atoms with Crippen LogP contribution in [0.2, 0.25) is 0 Å². The average molecular weight is 376 g/mol. The molecule has 0 amide bonds. The molecule has 0 atom stereocenters. The quantitative estimate of drug-likeness (QED) is 0.503. The summed E-state index contributed by atoms with van der Waals surface area (Å²) in [5, 5.41) is 0.621. The number of halogens is 4. The van der Waals surface area contributed by atoms with Gasteiger partial charge >= 0.3 is 0 Å². The second-order valence-corrected chi connectivity index (χ2v) is 5.45. The van der Waals surface area contributed by atoms with Gasteiger partial charge in [0, 0.05) is 41.4 Å². The number of nitrogens with zero attached hydrogens (tertiary/aromatic N) is 1. The van der Waals surface area contributed by atoms with Crippen molar-refractivity contribution >= 4 is 21.8 Å². The second kappa shape index (κ2) is 7.45. The summed E-state index contributed by atoms with van der Waals surface area (Å²) in [6, 6.07) is 6.85. The SMILES string of the molecule is COc1ccnc2cc(F)c(F)cc12.O=c1cc[nH]c2cc(F)c(F)cc12. The first kappa shape index (κ1) is 18.4. The number of hydrogen-bond acceptors (Lipinski definition) is 3. The zero-order valence-corrected chi connectivity index (χ0v) is 13.9. The number of rotatable bonds is 1. The van der Waals surface area contributed by atoms with E-state index in [1.165, 1.54) is 25.6 Å². The predicted molar refractivity (Wildman–Crippen MR) is 92.7 cm³/mol. The van der Waals surface area contributed by atoms with E-state index in [1.807, 2.05) is 0 Å². The molecule has 0 saturated heterocycles. The second-order valence-electron chi connectivity index (χ2n) is 5.45. The van der Waals surface area contributed by atoms with E-state index in [0.717, 1.165) is 24.3 Å². The molecule has 27 heavy (non-hydrogen) atoms. The summed E-state index contributed by atoms with van der Waals surface area (Å²) >= 11 is 0. The molecule has 0 fully saturated rings. The Hall–Kier alpha value is -3.42. The Morgan fingerprint density at radius 1 is 0.889 bits per heavy atom. The lowest BCUT2D eigenvalue weighted by Gasteiger charge is -2.04. The van der Waals surface area contributed by atoms with Gasteiger partial charge in [-0.15, -0.1) is 0 Å². The molecule has 2 aromatic heterocycles. The highest BCUT2D eigenvalue weighted by molar-refractivity contribution is 5.84. The number of benzene rings is 2. The molecule has 4 nitrogen and oxygen atoms in total. The molecule has 0 spiro atoms. The van der Waals surface area contributed by atoms with Crippen molar-refractivity contribution in [2.45, 2.75) is 0 Å². The lowest BCUT2D eigenvalue weighted by molar-refractivity contribution is 0.419. The molecule has 138 valence electrons. The number of aromatic amines is 1. The van der Waals surface area contributed by atoms with Crippen LogP contribution in [0.5, 0.6) is 5.75 Å². The van der Waals surface area contributed by atoms with Gasteiger partial charge in [0.1, 0.15) is 5.75 Å². The largest absolute Gasteiger partial charge is 0.496 e. The van der Waals surface area contributed by atoms with Crippen molar-refractivity contribution in [3.05, 3.63) is 82.3 Å². The fraction of sp³-hybridized carbons (Fsp3) is 0.0526. The predicted octanol–water partition coefficient (Wildman–Crippen LogP) is 4.33. The van der Waals surface area contributed by atoms with Gasteiger partial charge in [0.15, 0.2) is 28.7 Å². The Labute approximate surface area is 150 Å². The molecule has 0 saturated carbocycles. The molecule has 0 aliphatic carbocycles. The average Bonchev–Trinajstić information content (AvgIpc) is 2.65. The topological polar surface area (TPSA) is 55.0 Å². The summed E-state index contributed by atoms with van der Waals surface area (Å²) in [7, 11) is 1.47. The smallest absolute Gasteiger partial charge is 0.189 e. The van der Waals surface area contributed by atoms with Crippen molar-refractivity contribution in [1.29, 1.82) is 0 Å². The zero-order chi connectivity index (χ0) is 19.6. The lowest BCUT2D eigenvalue weighted by Crippen LogP contribution is -2.01. The van der Waals surface area contributed by atoms with Crippen molar-refractivity contribution in [2.24, 2.45) is 0 Å². The summed E-state index contributed by atoms with van der Waals surface area (Å²) in [5.41, 5.74) is 0.349. The Balaban J connectivity index is 0.000000156. The zero-order valence-electron chi connectivity index (χ0n) is 13.9. The maximum Gasteiger partial charge on any atom is 0.189 e. The molecular weight excluding hydrogens is 364 g/mol. The highest BCUT2D eigenvalue weighted by atomic mass is 19.2. The standard InChI is InChI=1S/C10H7F2NO.C9H5F2NO/c1-14-10-2-3-13-9-5-8(12)7(11)4-6(9)10;10-6-3-5-8(4-7(6)11)12-2-1-9(5)13/h2-5H,1H3;1-4H,(H,12,13). The first-order chi connectivity index (χ1) is 12.9. The van der Waals surface area contributed by atoms with Gasteiger partial charge in [0.2, 0.25) is 0 Å². The van der Waals surface area contributed by atoms with Crippen LogP contribution in [-0.2, 0) is 0 Å². The Morgan fingerprint density at radius 3 is 2.22 bits per heavy atom. The van der Waals surface area contributed by atoms with Crippen LogP contribution in [0.4, 0.5) is 17.6 Å². The highest BCUT2D eigenvalue weighted by Gasteiger charge is 2.08. The minimum Gasteiger partial charge on any atom is -0.496 e. The third-order valence-corrected chi connectivity index (χ3v) is 3.76. The van der Waals surface area contributed by atoms with Crippen LogP contribution in [0.3, 0.4) is 0 Å². The van der Waals surface area contributed by atoms with Crippen molar-refractivity contribution < 1.29 is 22.3 Å². The first-order valence-corrected chi connectivity index (χ1v) is 7.65. The van der Waals surface area contributed by atoms with Crippen LogP contribution in [-0.4, -0.2) is 17.1 Å². The number of aromatic nitrogens is 2. The molecule has 0 aliphatic heterocycles. The number of hydrogen-bond donors (Lipinski definition) is 1. The fourth-order valence-electron chi connectivity index (χ4n) is 2.46. The maximum absolute atomic E-state index is 12.9. The lowest BCUT2D eigenvalue weighted by atomic mass is 10.2. The number of pyridine rings is 2. The number of nitrogens with one attached hydrogen (secondary N) is 1. The summed E-state index contributed by atoms with van der Waals surface area (Å²) in [6.45, 7) is 0. The van der Waals surface area contributed by atoms with Crippen LogP contribution in [0.1, 0.15) is 0 Å². The van der Waals surface area contributed by atoms with E-state index in [0.29, 0.717) is 22.2 Å². The summed E-state index contributed by atoms with van der Waals surface area (Å²) in [5.74, 6) is -3.30. The molecule has 0 radical (unpaired) electrons. The van der Waals surface area contributed by atoms with Gasteiger partial charge in [-0.2, -0.15) is 0 Å². The number of ether oxygens (including phenoxy) is 1. The molecule has 1 N–H and O–H groups in total. The normalized spacial score (nSPS) is 10.6. The van der Waals surface area contributed by atoms with Crippen LogP contribution >= 0.6 is 0 Å². The number of H-pyrrole nitrogens is 1. The van der Waals surface area contributed by atoms with Crippen molar-refractivity contribution in [3.8, 4) is 5.75 Å². The van der Waals surface area contributed by atoms with E-state index < -0.39 is 23.3 Å². The number of methoxy groups -OCH3 is 1. The monoisotopic (exact) mass is 376 g/mol. The van der Waals surface area contributed by atoms with E-state index in [-0.39, 0.29) is 10.8 Å².